The van der Waals surface area contributed by atoms with Gasteiger partial charge in [-0.15, -0.1) is 11.8 Å². The van der Waals surface area contributed by atoms with E-state index in [-0.39, 0.29) is 0 Å². The summed E-state index contributed by atoms with van der Waals surface area (Å²) < 4.78 is 0. The van der Waals surface area contributed by atoms with Crippen molar-refractivity contribution in [1.29, 1.82) is 0 Å². The third kappa shape index (κ3) is 3.62. The SMILES string of the molecule is CNc1nc(C)cc(SCc2ccc(Cl)cc2)n1. The van der Waals surface area contributed by atoms with Crippen molar-refractivity contribution in [2.24, 2.45) is 0 Å². The van der Waals surface area contributed by atoms with Crippen LogP contribution in [0.1, 0.15) is 11.3 Å². The molecule has 0 bridgehead atoms. The molecule has 1 aromatic heterocycles. The van der Waals surface area contributed by atoms with Crippen LogP contribution in [0.5, 0.6) is 0 Å². The van der Waals surface area contributed by atoms with Gasteiger partial charge in [-0.25, -0.2) is 9.97 Å². The highest BCUT2D eigenvalue weighted by atomic mass is 35.5. The van der Waals surface area contributed by atoms with Crippen molar-refractivity contribution < 1.29 is 0 Å². The second-order valence-electron chi connectivity index (χ2n) is 3.84. The van der Waals surface area contributed by atoms with E-state index >= 15 is 0 Å². The Morgan fingerprint density at radius 3 is 2.61 bits per heavy atom. The molecule has 0 atom stereocenters. The van der Waals surface area contributed by atoms with Crippen LogP contribution < -0.4 is 5.32 Å². The molecule has 1 heterocycles. The standard InChI is InChI=1S/C13H14ClN3S/c1-9-7-12(17-13(15-2)16-9)18-8-10-3-5-11(14)6-4-10/h3-7H,8H2,1-2H3,(H,15,16,17). The van der Waals surface area contributed by atoms with E-state index in [0.717, 1.165) is 21.5 Å². The molecule has 5 heteroatoms. The van der Waals surface area contributed by atoms with E-state index in [1.54, 1.807) is 11.8 Å². The topological polar surface area (TPSA) is 37.8 Å². The molecule has 0 fully saturated rings. The maximum atomic E-state index is 5.85. The highest BCUT2D eigenvalue weighted by Gasteiger charge is 2.02. The van der Waals surface area contributed by atoms with E-state index in [2.05, 4.69) is 15.3 Å². The number of hydrogen-bond donors (Lipinski definition) is 1. The molecule has 0 amide bonds. The third-order valence-electron chi connectivity index (χ3n) is 2.35. The van der Waals surface area contributed by atoms with Crippen molar-refractivity contribution in [1.82, 2.24) is 9.97 Å². The molecular weight excluding hydrogens is 266 g/mol. The zero-order chi connectivity index (χ0) is 13.0. The molecular formula is C13H14ClN3S. The molecule has 1 N–H and O–H groups in total. The molecule has 0 aliphatic rings. The van der Waals surface area contributed by atoms with E-state index in [1.807, 2.05) is 44.3 Å². The van der Waals surface area contributed by atoms with Gasteiger partial charge in [-0.3, -0.25) is 0 Å². The largest absolute Gasteiger partial charge is 0.357 e. The fourth-order valence-electron chi connectivity index (χ4n) is 1.46. The number of rotatable bonds is 4. The van der Waals surface area contributed by atoms with Gasteiger partial charge in [-0.2, -0.15) is 0 Å². The Morgan fingerprint density at radius 1 is 1.22 bits per heavy atom. The third-order valence-corrected chi connectivity index (χ3v) is 3.59. The quantitative estimate of drug-likeness (QED) is 0.683. The number of aromatic nitrogens is 2. The lowest BCUT2D eigenvalue weighted by molar-refractivity contribution is 1.01. The van der Waals surface area contributed by atoms with Gasteiger partial charge in [0.05, 0.1) is 0 Å². The Kier molecular flexibility index (Phi) is 4.44. The fraction of sp³-hybridized carbons (Fsp3) is 0.231. The Hall–Kier alpha value is -1.26. The second kappa shape index (κ2) is 6.07. The van der Waals surface area contributed by atoms with Crippen molar-refractivity contribution in [2.45, 2.75) is 17.7 Å². The molecule has 0 aliphatic carbocycles. The average Bonchev–Trinajstić information content (AvgIpc) is 2.37. The molecule has 0 unspecified atom stereocenters. The minimum Gasteiger partial charge on any atom is -0.357 e. The average molecular weight is 280 g/mol. The minimum absolute atomic E-state index is 0.661. The van der Waals surface area contributed by atoms with Crippen LogP contribution in [0.15, 0.2) is 35.4 Å². The Labute approximate surface area is 116 Å². The predicted octanol–water partition coefficient (Wildman–Crippen LogP) is 3.77. The van der Waals surface area contributed by atoms with Gasteiger partial charge in [0, 0.05) is 23.5 Å². The van der Waals surface area contributed by atoms with Crippen LogP contribution in [0.25, 0.3) is 0 Å². The minimum atomic E-state index is 0.661. The van der Waals surface area contributed by atoms with Crippen LogP contribution in [-0.4, -0.2) is 17.0 Å². The highest BCUT2D eigenvalue weighted by molar-refractivity contribution is 7.98. The Balaban J connectivity index is 2.05. The van der Waals surface area contributed by atoms with E-state index in [0.29, 0.717) is 5.95 Å². The second-order valence-corrected chi connectivity index (χ2v) is 5.27. The van der Waals surface area contributed by atoms with Crippen LogP contribution in [-0.2, 0) is 5.75 Å². The summed E-state index contributed by atoms with van der Waals surface area (Å²) in [6.45, 7) is 1.97. The molecule has 18 heavy (non-hydrogen) atoms. The molecule has 1 aromatic carbocycles. The molecule has 0 saturated heterocycles. The van der Waals surface area contributed by atoms with Gasteiger partial charge in [-0.05, 0) is 30.7 Å². The summed E-state index contributed by atoms with van der Waals surface area (Å²) >= 11 is 7.54. The number of hydrogen-bond acceptors (Lipinski definition) is 4. The van der Waals surface area contributed by atoms with E-state index in [4.69, 9.17) is 11.6 Å². The molecule has 0 aliphatic heterocycles. The van der Waals surface area contributed by atoms with Crippen molar-refractivity contribution in [3.05, 3.63) is 46.6 Å². The van der Waals surface area contributed by atoms with Gasteiger partial charge in [0.25, 0.3) is 0 Å². The molecule has 94 valence electrons. The van der Waals surface area contributed by atoms with Gasteiger partial charge in [0.15, 0.2) is 0 Å². The fourth-order valence-corrected chi connectivity index (χ4v) is 2.50. The summed E-state index contributed by atoms with van der Waals surface area (Å²) in [7, 11) is 1.82. The van der Waals surface area contributed by atoms with E-state index < -0.39 is 0 Å². The van der Waals surface area contributed by atoms with Gasteiger partial charge >= 0.3 is 0 Å². The molecule has 0 radical (unpaired) electrons. The summed E-state index contributed by atoms with van der Waals surface area (Å²) in [5.41, 5.74) is 2.19. The number of thioether (sulfide) groups is 1. The first-order chi connectivity index (χ1) is 8.67. The van der Waals surface area contributed by atoms with Gasteiger partial charge < -0.3 is 5.32 Å². The predicted molar refractivity (Wildman–Crippen MR) is 77.3 cm³/mol. The van der Waals surface area contributed by atoms with Gasteiger partial charge in [-0.1, -0.05) is 23.7 Å². The first-order valence-electron chi connectivity index (χ1n) is 5.58. The van der Waals surface area contributed by atoms with Crippen LogP contribution in [0.2, 0.25) is 5.02 Å². The summed E-state index contributed by atoms with van der Waals surface area (Å²) in [4.78, 5) is 8.67. The highest BCUT2D eigenvalue weighted by Crippen LogP contribution is 2.23. The zero-order valence-electron chi connectivity index (χ0n) is 10.3. The molecule has 2 aromatic rings. The summed E-state index contributed by atoms with van der Waals surface area (Å²) in [5, 5.41) is 4.70. The number of aryl methyl sites for hydroxylation is 1. The van der Waals surface area contributed by atoms with Gasteiger partial charge in [0.2, 0.25) is 5.95 Å². The first-order valence-corrected chi connectivity index (χ1v) is 6.94. The lowest BCUT2D eigenvalue weighted by Crippen LogP contribution is -1.98. The summed E-state index contributed by atoms with van der Waals surface area (Å²) in [5.74, 6) is 1.53. The maximum absolute atomic E-state index is 5.85. The van der Waals surface area contributed by atoms with Crippen LogP contribution in [0.3, 0.4) is 0 Å². The van der Waals surface area contributed by atoms with Crippen molar-refractivity contribution in [2.75, 3.05) is 12.4 Å². The number of anilines is 1. The molecule has 0 saturated carbocycles. The maximum Gasteiger partial charge on any atom is 0.223 e. The lowest BCUT2D eigenvalue weighted by Gasteiger charge is -2.05. The zero-order valence-corrected chi connectivity index (χ0v) is 11.8. The monoisotopic (exact) mass is 279 g/mol. The first kappa shape index (κ1) is 13.2. The number of nitrogens with zero attached hydrogens (tertiary/aromatic N) is 2. The van der Waals surface area contributed by atoms with Crippen LogP contribution >= 0.6 is 23.4 Å². The molecule has 0 spiro atoms. The Bertz CT molecular complexity index is 528. The van der Waals surface area contributed by atoms with Crippen LogP contribution in [0.4, 0.5) is 5.95 Å². The van der Waals surface area contributed by atoms with Crippen molar-refractivity contribution in [3.63, 3.8) is 0 Å². The van der Waals surface area contributed by atoms with Crippen molar-refractivity contribution in [3.8, 4) is 0 Å². The molecule has 2 rings (SSSR count). The van der Waals surface area contributed by atoms with Gasteiger partial charge in [0.1, 0.15) is 5.03 Å². The summed E-state index contributed by atoms with van der Waals surface area (Å²) in [6.07, 6.45) is 0. The van der Waals surface area contributed by atoms with E-state index in [9.17, 15) is 0 Å². The number of halogens is 1. The molecule has 3 nitrogen and oxygen atoms in total. The normalized spacial score (nSPS) is 10.4. The van der Waals surface area contributed by atoms with E-state index in [1.165, 1.54) is 5.56 Å². The van der Waals surface area contributed by atoms with Crippen LogP contribution in [0, 0.1) is 6.92 Å². The lowest BCUT2D eigenvalue weighted by atomic mass is 10.2. The number of nitrogens with one attached hydrogen (secondary N) is 1. The Morgan fingerprint density at radius 2 is 1.94 bits per heavy atom. The summed E-state index contributed by atoms with van der Waals surface area (Å²) in [6, 6.07) is 9.86. The van der Waals surface area contributed by atoms with Crippen molar-refractivity contribution >= 4 is 29.3 Å². The number of benzene rings is 1. The smallest absolute Gasteiger partial charge is 0.223 e.